The van der Waals surface area contributed by atoms with Crippen LogP contribution < -0.4 is 0 Å². The summed E-state index contributed by atoms with van der Waals surface area (Å²) >= 11 is 0. The van der Waals surface area contributed by atoms with Crippen molar-refractivity contribution in [3.8, 4) is 0 Å². The van der Waals surface area contributed by atoms with Gasteiger partial charge in [-0.1, -0.05) is 19.9 Å². The van der Waals surface area contributed by atoms with E-state index >= 15 is 0 Å². The number of likely N-dealkylation sites (tertiary alicyclic amines) is 1. The van der Waals surface area contributed by atoms with Crippen molar-refractivity contribution < 1.29 is 14.9 Å². The van der Waals surface area contributed by atoms with E-state index in [0.29, 0.717) is 17.3 Å². The van der Waals surface area contributed by atoms with E-state index in [-0.39, 0.29) is 35.9 Å². The van der Waals surface area contributed by atoms with Gasteiger partial charge in [-0.2, -0.15) is 0 Å². The number of aliphatic hydroxyl groups excluding tert-OH is 2. The lowest BCUT2D eigenvalue weighted by Gasteiger charge is -2.79. The van der Waals surface area contributed by atoms with Crippen LogP contribution in [-0.4, -0.2) is 53.2 Å². The highest BCUT2D eigenvalue weighted by Crippen LogP contribution is 2.78. The van der Waals surface area contributed by atoms with Gasteiger partial charge < -0.3 is 14.9 Å². The van der Waals surface area contributed by atoms with E-state index in [4.69, 9.17) is 4.74 Å². The third-order valence-corrected chi connectivity index (χ3v) is 10.1. The zero-order valence-corrected chi connectivity index (χ0v) is 16.0. The van der Waals surface area contributed by atoms with E-state index in [1.54, 1.807) is 0 Å². The van der Waals surface area contributed by atoms with Gasteiger partial charge in [-0.05, 0) is 67.3 Å². The van der Waals surface area contributed by atoms with Crippen molar-refractivity contribution in [2.75, 3.05) is 19.7 Å². The highest BCUT2D eigenvalue weighted by molar-refractivity contribution is 5.32. The van der Waals surface area contributed by atoms with Crippen LogP contribution in [0.3, 0.4) is 0 Å². The summed E-state index contributed by atoms with van der Waals surface area (Å²) < 4.78 is 6.86. The average Bonchev–Trinajstić information content (AvgIpc) is 2.63. The summed E-state index contributed by atoms with van der Waals surface area (Å²) in [5.41, 5.74) is 1.53. The maximum Gasteiger partial charge on any atom is 0.117 e. The number of piperidine rings is 1. The van der Waals surface area contributed by atoms with Crippen LogP contribution >= 0.6 is 0 Å². The summed E-state index contributed by atoms with van der Waals surface area (Å²) in [5.74, 6) is 1.79. The van der Waals surface area contributed by atoms with Crippen molar-refractivity contribution in [3.05, 3.63) is 12.2 Å². The summed E-state index contributed by atoms with van der Waals surface area (Å²) in [7, 11) is 0. The van der Waals surface area contributed by atoms with E-state index < -0.39 is 0 Å². The van der Waals surface area contributed by atoms with E-state index in [1.165, 1.54) is 32.1 Å². The molecular weight excluding hydrogens is 326 g/mol. The minimum absolute atomic E-state index is 0.0840. The molecule has 5 saturated carbocycles. The molecule has 144 valence electrons. The van der Waals surface area contributed by atoms with Gasteiger partial charge in [0, 0.05) is 23.9 Å². The van der Waals surface area contributed by atoms with Crippen molar-refractivity contribution in [1.29, 1.82) is 0 Å². The molecule has 5 aliphatic carbocycles. The number of ether oxygens (including phenoxy) is 1. The van der Waals surface area contributed by atoms with E-state index in [1.807, 2.05) is 0 Å². The molecule has 3 heterocycles. The van der Waals surface area contributed by atoms with Crippen molar-refractivity contribution in [3.63, 3.8) is 0 Å². The molecule has 3 aliphatic heterocycles. The highest BCUT2D eigenvalue weighted by atomic mass is 16.5. The maximum atomic E-state index is 11.3. The Balaban J connectivity index is 1.53. The summed E-state index contributed by atoms with van der Waals surface area (Å²) in [4.78, 5) is 2.47. The van der Waals surface area contributed by atoms with E-state index in [9.17, 15) is 10.2 Å². The highest BCUT2D eigenvalue weighted by Gasteiger charge is 2.78. The second kappa shape index (κ2) is 4.94. The molecule has 4 heteroatoms. The fourth-order valence-corrected chi connectivity index (χ4v) is 9.30. The van der Waals surface area contributed by atoms with Crippen LogP contribution in [-0.2, 0) is 4.74 Å². The van der Waals surface area contributed by atoms with Crippen LogP contribution in [0, 0.1) is 34.0 Å². The fraction of sp³-hybridized carbons (Fsp3) is 0.909. The van der Waals surface area contributed by atoms with E-state index in [2.05, 4.69) is 18.4 Å². The first kappa shape index (κ1) is 16.5. The van der Waals surface area contributed by atoms with Gasteiger partial charge in [0.25, 0.3) is 0 Å². The molecule has 7 bridgehead atoms. The van der Waals surface area contributed by atoms with E-state index in [0.717, 1.165) is 37.4 Å². The Bertz CT molecular complexity index is 666. The number of nitrogens with zero attached hydrogens (tertiary/aromatic N) is 1. The molecule has 9 atom stereocenters. The molecule has 26 heavy (non-hydrogen) atoms. The number of rotatable bonds is 2. The molecule has 0 aromatic carbocycles. The molecule has 3 saturated heterocycles. The third-order valence-electron chi connectivity index (χ3n) is 10.1. The fourth-order valence-electron chi connectivity index (χ4n) is 9.30. The Labute approximate surface area is 156 Å². The molecule has 2 N–H and O–H groups in total. The minimum Gasteiger partial charge on any atom is -0.395 e. The zero-order valence-electron chi connectivity index (χ0n) is 16.0. The number of aliphatic hydroxyl groups is 2. The lowest BCUT2D eigenvalue weighted by atomic mass is 9.32. The van der Waals surface area contributed by atoms with Crippen LogP contribution in [0.25, 0.3) is 0 Å². The van der Waals surface area contributed by atoms with Crippen molar-refractivity contribution >= 4 is 0 Å². The predicted octanol–water partition coefficient (Wildman–Crippen LogP) is 2.55. The lowest BCUT2D eigenvalue weighted by Crippen LogP contribution is -2.82. The molecule has 0 radical (unpaired) electrons. The predicted molar refractivity (Wildman–Crippen MR) is 98.2 cm³/mol. The topological polar surface area (TPSA) is 52.9 Å². The molecule has 4 nitrogen and oxygen atoms in total. The first-order valence-electron chi connectivity index (χ1n) is 10.8. The largest absolute Gasteiger partial charge is 0.395 e. The monoisotopic (exact) mass is 359 g/mol. The maximum absolute atomic E-state index is 11.3. The van der Waals surface area contributed by atoms with Gasteiger partial charge in [0.05, 0.1) is 18.8 Å². The summed E-state index contributed by atoms with van der Waals surface area (Å²) in [6.07, 6.45) is 8.43. The average molecular weight is 360 g/mol. The van der Waals surface area contributed by atoms with Gasteiger partial charge in [-0.25, -0.2) is 0 Å². The van der Waals surface area contributed by atoms with Crippen LogP contribution in [0.5, 0.6) is 0 Å². The Morgan fingerprint density at radius 1 is 1.19 bits per heavy atom. The zero-order chi connectivity index (χ0) is 17.9. The molecule has 2 spiro atoms. The molecule has 8 rings (SSSR count). The van der Waals surface area contributed by atoms with Crippen LogP contribution in [0.15, 0.2) is 12.2 Å². The molecule has 0 amide bonds. The lowest BCUT2D eigenvalue weighted by molar-refractivity contribution is -0.405. The third kappa shape index (κ3) is 1.57. The van der Waals surface area contributed by atoms with Crippen LogP contribution in [0.1, 0.15) is 51.9 Å². The SMILES string of the molecule is C=C1[C@H]2CC[C@@]3([C@@H](C2)[C@]24CCC[C@@]5(C)CN(CCO)[C@@H]2O[C@@H]3C[C@H]54)[C@@H]1O. The van der Waals surface area contributed by atoms with Crippen LogP contribution in [0.2, 0.25) is 0 Å². The van der Waals surface area contributed by atoms with Gasteiger partial charge in [-0.3, -0.25) is 4.90 Å². The quantitative estimate of drug-likeness (QED) is 0.744. The first-order valence-corrected chi connectivity index (χ1v) is 10.8. The molecule has 8 aliphatic rings. The smallest absolute Gasteiger partial charge is 0.117 e. The van der Waals surface area contributed by atoms with Gasteiger partial charge in [-0.15, -0.1) is 0 Å². The summed E-state index contributed by atoms with van der Waals surface area (Å²) in [5, 5.41) is 21.0. The minimum atomic E-state index is -0.373. The Morgan fingerprint density at radius 2 is 2.04 bits per heavy atom. The Morgan fingerprint density at radius 3 is 2.85 bits per heavy atom. The van der Waals surface area contributed by atoms with Gasteiger partial charge in [0.2, 0.25) is 0 Å². The molecule has 0 unspecified atom stereocenters. The number of hydrogen-bond donors (Lipinski definition) is 2. The van der Waals surface area contributed by atoms with Crippen molar-refractivity contribution in [2.45, 2.75) is 70.3 Å². The Hall–Kier alpha value is -0.420. The van der Waals surface area contributed by atoms with Crippen molar-refractivity contribution in [2.24, 2.45) is 34.0 Å². The van der Waals surface area contributed by atoms with Gasteiger partial charge in [0.15, 0.2) is 0 Å². The van der Waals surface area contributed by atoms with Gasteiger partial charge in [0.1, 0.15) is 6.23 Å². The Kier molecular flexibility index (Phi) is 3.14. The second-order valence-corrected chi connectivity index (χ2v) is 10.7. The molecular formula is C22H33NO3. The summed E-state index contributed by atoms with van der Waals surface area (Å²) in [6.45, 7) is 8.80. The van der Waals surface area contributed by atoms with Gasteiger partial charge >= 0.3 is 0 Å². The van der Waals surface area contributed by atoms with Crippen LogP contribution in [0.4, 0.5) is 0 Å². The number of hydrogen-bond acceptors (Lipinski definition) is 4. The summed E-state index contributed by atoms with van der Waals surface area (Å²) in [6, 6.07) is 0. The molecule has 8 fully saturated rings. The standard InChI is InChI=1S/C22H33NO3/c1-13-14-4-7-22(18(13)25)16(10-14)21-6-3-5-20(2)12-23(8-9-24)19(21)26-17(22)11-15(20)21/h14-19,24-25H,1,3-12H2,2H3/t14-,15+,16-,17+,18+,19+,20-,21+,22-/m0/s1. The number of β-amino-alcohol motifs (C(OH)–C–C–N with tert-alkyl or cyclic N) is 1. The normalized spacial score (nSPS) is 60.2. The molecule has 0 aromatic heterocycles. The molecule has 0 aromatic rings. The number of fused-ring (bicyclic) bond motifs is 2. The second-order valence-electron chi connectivity index (χ2n) is 10.7. The van der Waals surface area contributed by atoms with Crippen molar-refractivity contribution in [1.82, 2.24) is 4.90 Å². The first-order chi connectivity index (χ1) is 12.5.